The summed E-state index contributed by atoms with van der Waals surface area (Å²) >= 11 is -3.76. The molecule has 78 valence electrons. The normalized spacial score (nSPS) is 7.38. The first-order valence-electron chi connectivity index (χ1n) is 3.89. The van der Waals surface area contributed by atoms with Crippen molar-refractivity contribution in [2.24, 2.45) is 0 Å². The van der Waals surface area contributed by atoms with Gasteiger partial charge in [0.25, 0.3) is 0 Å². The van der Waals surface area contributed by atoms with Crippen molar-refractivity contribution in [1.82, 2.24) is 0 Å². The Morgan fingerprint density at radius 1 is 1.08 bits per heavy atom. The first kappa shape index (κ1) is 23.9. The fourth-order valence-electron chi connectivity index (χ4n) is 0. The van der Waals surface area contributed by atoms with Crippen molar-refractivity contribution in [1.29, 1.82) is 0 Å². The standard InChI is InChI=1S/2C4H9.HIO3.Mg/c2*1-3-4-2;2-1(3)4;/h2*1,3-4H2,2H3;2H;/q2*-1;;+2. The Morgan fingerprint density at radius 3 is 1.15 bits per heavy atom. The molecular weight excluding hydrogens is 295 g/mol. The van der Waals surface area contributed by atoms with E-state index in [1.54, 1.807) is 0 Å². The summed E-state index contributed by atoms with van der Waals surface area (Å²) in [5.41, 5.74) is 0. The van der Waals surface area contributed by atoms with Crippen molar-refractivity contribution in [3.63, 3.8) is 0 Å². The maximum atomic E-state index is 8.68. The van der Waals surface area contributed by atoms with Gasteiger partial charge in [-0.3, -0.25) is 0 Å². The molecule has 1 N–H and O–H groups in total. The van der Waals surface area contributed by atoms with Gasteiger partial charge in [0.15, 0.2) is 0 Å². The van der Waals surface area contributed by atoms with Crippen LogP contribution >= 0.6 is 0 Å². The number of hydrogen-bond donors (Lipinski definition) is 1. The average molecular weight is 314 g/mol. The predicted molar refractivity (Wildman–Crippen MR) is 48.5 cm³/mol. The van der Waals surface area contributed by atoms with Crippen LogP contribution in [-0.4, -0.2) is 26.5 Å². The van der Waals surface area contributed by atoms with E-state index in [2.05, 4.69) is 27.7 Å². The maximum absolute atomic E-state index is 8.68. The Kier molecular flexibility index (Phi) is 53.7. The van der Waals surface area contributed by atoms with E-state index in [0.717, 1.165) is 12.8 Å². The zero-order chi connectivity index (χ0) is 10.4. The number of rotatable bonds is 2. The van der Waals surface area contributed by atoms with Crippen molar-refractivity contribution in [2.45, 2.75) is 39.5 Å². The fourth-order valence-corrected chi connectivity index (χ4v) is 0. The van der Waals surface area contributed by atoms with Gasteiger partial charge in [-0.1, -0.05) is 26.7 Å². The van der Waals surface area contributed by atoms with Crippen LogP contribution in [0.5, 0.6) is 0 Å². The summed E-state index contributed by atoms with van der Waals surface area (Å²) in [5.74, 6) is 0. The van der Waals surface area contributed by atoms with Crippen molar-refractivity contribution in [3.05, 3.63) is 13.8 Å². The zero-order valence-electron chi connectivity index (χ0n) is 8.59. The molecule has 0 bridgehead atoms. The smallest absolute Gasteiger partial charge is 0.396 e. The third-order valence-corrected chi connectivity index (χ3v) is 0.707. The summed E-state index contributed by atoms with van der Waals surface area (Å²) in [6.45, 7) is 11.4. The Hall–Kier alpha value is 1.38. The topological polar surface area (TPSA) is 66.3 Å². The van der Waals surface area contributed by atoms with Crippen LogP contribution in [0.2, 0.25) is 0 Å². The van der Waals surface area contributed by atoms with Crippen LogP contribution in [0, 0.1) is 13.8 Å². The number of unbranched alkanes of at least 4 members (excludes halogenated alkanes) is 2. The van der Waals surface area contributed by atoms with E-state index in [1.807, 2.05) is 0 Å². The second-order valence-electron chi connectivity index (χ2n) is 1.91. The molecule has 0 radical (unpaired) electrons. The van der Waals surface area contributed by atoms with Crippen molar-refractivity contribution < 1.29 is 31.4 Å². The summed E-state index contributed by atoms with van der Waals surface area (Å²) in [4.78, 5) is 0. The van der Waals surface area contributed by atoms with Crippen LogP contribution in [0.15, 0.2) is 0 Å². The van der Waals surface area contributed by atoms with Crippen LogP contribution in [0.4, 0.5) is 0 Å². The van der Waals surface area contributed by atoms with Gasteiger partial charge in [-0.15, -0.1) is 0 Å². The van der Waals surface area contributed by atoms with Gasteiger partial charge >= 0.3 is 44.1 Å². The molecule has 0 spiro atoms. The van der Waals surface area contributed by atoms with Gasteiger partial charge in [0.05, 0.1) is 0 Å². The molecule has 5 heteroatoms. The minimum absolute atomic E-state index is 0. The quantitative estimate of drug-likeness (QED) is 0.334. The molecule has 0 heterocycles. The summed E-state index contributed by atoms with van der Waals surface area (Å²) < 4.78 is 24.5. The van der Waals surface area contributed by atoms with E-state index in [0.29, 0.717) is 0 Å². The summed E-state index contributed by atoms with van der Waals surface area (Å²) in [5, 5.41) is 0. The molecule has 0 aromatic rings. The first-order valence-corrected chi connectivity index (χ1v) is 6.62. The number of hydrogen-bond acceptors (Lipinski definition) is 3. The third kappa shape index (κ3) is 152. The van der Waals surface area contributed by atoms with E-state index in [4.69, 9.17) is 10.3 Å². The molecule has 0 aliphatic carbocycles. The molecule has 13 heavy (non-hydrogen) atoms. The van der Waals surface area contributed by atoms with Crippen LogP contribution in [0.25, 0.3) is 0 Å². The van der Waals surface area contributed by atoms with Gasteiger partial charge in [0.1, 0.15) is 0 Å². The van der Waals surface area contributed by atoms with Crippen molar-refractivity contribution >= 4 is 23.1 Å². The van der Waals surface area contributed by atoms with Gasteiger partial charge in [0.2, 0.25) is 0 Å². The van der Waals surface area contributed by atoms with Crippen molar-refractivity contribution in [2.75, 3.05) is 0 Å². The molecule has 0 unspecified atom stereocenters. The van der Waals surface area contributed by atoms with Gasteiger partial charge in [-0.2, -0.15) is 12.8 Å². The molecular formula is C8H19IMgO3. The molecule has 0 fully saturated rings. The zero-order valence-corrected chi connectivity index (χ0v) is 12.2. The van der Waals surface area contributed by atoms with Gasteiger partial charge < -0.3 is 20.7 Å². The molecule has 0 aliphatic rings. The molecule has 0 rings (SSSR count). The Morgan fingerprint density at radius 2 is 1.15 bits per heavy atom. The summed E-state index contributed by atoms with van der Waals surface area (Å²) in [6, 6.07) is 0. The van der Waals surface area contributed by atoms with E-state index >= 15 is 0 Å². The Balaban J connectivity index is -0.0000000450. The van der Waals surface area contributed by atoms with Gasteiger partial charge in [-0.05, 0) is 3.44 Å². The van der Waals surface area contributed by atoms with E-state index in [-0.39, 0.29) is 23.1 Å². The second-order valence-corrected chi connectivity index (χ2v) is 3.06. The average Bonchev–Trinajstić information content (AvgIpc) is 2.03. The monoisotopic (exact) mass is 314 g/mol. The third-order valence-electron chi connectivity index (χ3n) is 0.707. The predicted octanol–water partition coefficient (Wildman–Crippen LogP) is -3.07. The molecule has 0 saturated carbocycles. The van der Waals surface area contributed by atoms with E-state index < -0.39 is 21.1 Å². The molecule has 0 aromatic heterocycles. The molecule has 0 aliphatic heterocycles. The molecule has 3 nitrogen and oxygen atoms in total. The SMILES string of the molecule is [CH2-]CCC.[CH2-]CCC.[Mg+2].[O-][I+2]([O-])O. The minimum atomic E-state index is -3.76. The van der Waals surface area contributed by atoms with E-state index in [9.17, 15) is 0 Å². The number of halogens is 1. The van der Waals surface area contributed by atoms with Crippen molar-refractivity contribution in [3.8, 4) is 0 Å². The largest absolute Gasteiger partial charge is 2.00 e. The van der Waals surface area contributed by atoms with Gasteiger partial charge in [0, 0.05) is 0 Å². The molecule has 0 saturated heterocycles. The Bertz CT molecular complexity index is 45.9. The van der Waals surface area contributed by atoms with Crippen LogP contribution in [0.3, 0.4) is 0 Å². The van der Waals surface area contributed by atoms with Crippen LogP contribution in [-0.2, 0) is 0 Å². The second kappa shape index (κ2) is 29.2. The fraction of sp³-hybridized carbons (Fsp3) is 0.750. The summed E-state index contributed by atoms with van der Waals surface area (Å²) in [6.07, 6.45) is 4.56. The molecule has 0 amide bonds. The molecule has 0 atom stereocenters. The Labute approximate surface area is 107 Å². The first-order chi connectivity index (χ1) is 5.56. The minimum Gasteiger partial charge on any atom is -0.396 e. The maximum Gasteiger partial charge on any atom is 2.00 e. The van der Waals surface area contributed by atoms with Gasteiger partial charge in [-0.25, -0.2) is 0 Å². The summed E-state index contributed by atoms with van der Waals surface area (Å²) in [7, 11) is 0. The van der Waals surface area contributed by atoms with Crippen LogP contribution in [0.1, 0.15) is 39.5 Å². The van der Waals surface area contributed by atoms with Crippen LogP contribution < -0.4 is 27.9 Å². The van der Waals surface area contributed by atoms with E-state index in [1.165, 1.54) is 12.8 Å². The molecule has 0 aromatic carbocycles.